The van der Waals surface area contributed by atoms with Crippen molar-refractivity contribution in [3.05, 3.63) is 89.9 Å². The number of imide groups is 1. The van der Waals surface area contributed by atoms with Gasteiger partial charge in [0.2, 0.25) is 5.88 Å². The fraction of sp³-hybridized carbons (Fsp3) is 0.129. The molecule has 2 aromatic carbocycles. The number of hydrogen-bond acceptors (Lipinski definition) is 10. The van der Waals surface area contributed by atoms with Crippen molar-refractivity contribution in [3.63, 3.8) is 0 Å². The molecule has 212 valence electrons. The van der Waals surface area contributed by atoms with Gasteiger partial charge in [-0.2, -0.15) is 5.26 Å². The van der Waals surface area contributed by atoms with E-state index in [9.17, 15) is 14.9 Å². The first-order valence-corrected chi connectivity index (χ1v) is 12.4. The van der Waals surface area contributed by atoms with E-state index in [0.717, 1.165) is 4.90 Å². The monoisotopic (exact) mass is 568 g/mol. The molecule has 11 heteroatoms. The van der Waals surface area contributed by atoms with Gasteiger partial charge in [-0.05, 0) is 48.5 Å². The number of methoxy groups -OCH3 is 4. The molecule has 2 amide bonds. The lowest BCUT2D eigenvalue weighted by Crippen LogP contribution is -2.38. The number of carbonyl (C=O) groups is 2. The quantitative estimate of drug-likeness (QED) is 0.189. The third kappa shape index (κ3) is 4.61. The fourth-order valence-electron chi connectivity index (χ4n) is 4.54. The molecule has 3 aromatic heterocycles. The van der Waals surface area contributed by atoms with Gasteiger partial charge in [0.1, 0.15) is 51.5 Å². The standard InChI is InChI=1S/C31H24N2O9/c1-36-19-9-5-10-20(37-2)26(19)29(34)33(30(35)27-21(38-3)11-6-12-22(27)39-4)31-18(17-32)25(23-13-7-15-40-23)28(42-31)24-14-8-16-41-24/h5-16H,1-4H3. The largest absolute Gasteiger partial charge is 0.496 e. The number of carbonyl (C=O) groups excluding carboxylic acids is 2. The van der Waals surface area contributed by atoms with E-state index in [2.05, 4.69) is 6.07 Å². The van der Waals surface area contributed by atoms with Crippen LogP contribution in [0, 0.1) is 11.3 Å². The number of nitriles is 1. The van der Waals surface area contributed by atoms with Crippen molar-refractivity contribution in [1.29, 1.82) is 5.26 Å². The molecule has 0 unspecified atom stereocenters. The van der Waals surface area contributed by atoms with E-state index in [-0.39, 0.29) is 62.5 Å². The third-order valence-electron chi connectivity index (χ3n) is 6.41. The normalized spacial score (nSPS) is 10.5. The summed E-state index contributed by atoms with van der Waals surface area (Å²) in [6.07, 6.45) is 2.84. The van der Waals surface area contributed by atoms with Crippen LogP contribution >= 0.6 is 0 Å². The van der Waals surface area contributed by atoms with Gasteiger partial charge in [-0.3, -0.25) is 9.59 Å². The van der Waals surface area contributed by atoms with Crippen molar-refractivity contribution in [2.45, 2.75) is 0 Å². The predicted molar refractivity (Wildman–Crippen MR) is 149 cm³/mol. The molecule has 5 aromatic rings. The number of ether oxygens (including phenoxy) is 4. The Kier molecular flexibility index (Phi) is 7.70. The lowest BCUT2D eigenvalue weighted by atomic mass is 10.0. The van der Waals surface area contributed by atoms with Gasteiger partial charge >= 0.3 is 0 Å². The minimum absolute atomic E-state index is 0.0612. The lowest BCUT2D eigenvalue weighted by molar-refractivity contribution is 0.0885. The molecule has 0 saturated heterocycles. The van der Waals surface area contributed by atoms with E-state index in [1.165, 1.54) is 65.2 Å². The van der Waals surface area contributed by atoms with Gasteiger partial charge in [0.25, 0.3) is 11.8 Å². The zero-order valence-electron chi connectivity index (χ0n) is 23.0. The van der Waals surface area contributed by atoms with Gasteiger partial charge in [0.05, 0.1) is 46.5 Å². The Morgan fingerprint density at radius 3 is 1.52 bits per heavy atom. The SMILES string of the molecule is COc1cccc(OC)c1C(=O)N(C(=O)c1c(OC)cccc1OC)c1oc(-c2ccco2)c(-c2ccco2)c1C#N. The Labute approximate surface area is 240 Å². The summed E-state index contributed by atoms with van der Waals surface area (Å²) >= 11 is 0. The molecule has 0 fully saturated rings. The Hall–Kier alpha value is -5.89. The summed E-state index contributed by atoms with van der Waals surface area (Å²) in [4.78, 5) is 29.8. The maximum absolute atomic E-state index is 14.5. The first kappa shape index (κ1) is 27.7. The van der Waals surface area contributed by atoms with Crippen LogP contribution in [0.4, 0.5) is 5.88 Å². The lowest BCUT2D eigenvalue weighted by Gasteiger charge is -2.23. The second-order valence-corrected chi connectivity index (χ2v) is 8.57. The summed E-state index contributed by atoms with van der Waals surface area (Å²) in [6, 6.07) is 18.0. The van der Waals surface area contributed by atoms with Crippen molar-refractivity contribution in [2.24, 2.45) is 0 Å². The van der Waals surface area contributed by atoms with Gasteiger partial charge in [0, 0.05) is 0 Å². The molecule has 0 atom stereocenters. The van der Waals surface area contributed by atoms with Crippen LogP contribution in [-0.2, 0) is 0 Å². The summed E-state index contributed by atoms with van der Waals surface area (Å²) < 4.78 is 39.2. The third-order valence-corrected chi connectivity index (χ3v) is 6.41. The van der Waals surface area contributed by atoms with E-state index >= 15 is 0 Å². The molecule has 42 heavy (non-hydrogen) atoms. The number of furan rings is 3. The van der Waals surface area contributed by atoms with Gasteiger partial charge in [0.15, 0.2) is 11.5 Å². The maximum Gasteiger partial charge on any atom is 0.275 e. The molecular weight excluding hydrogens is 544 g/mol. The number of anilines is 1. The minimum atomic E-state index is -0.913. The number of nitrogens with zero attached hydrogens (tertiary/aromatic N) is 2. The molecule has 0 aliphatic carbocycles. The molecule has 0 aliphatic heterocycles. The van der Waals surface area contributed by atoms with Crippen molar-refractivity contribution < 1.29 is 41.8 Å². The van der Waals surface area contributed by atoms with Crippen molar-refractivity contribution >= 4 is 17.7 Å². The van der Waals surface area contributed by atoms with Crippen molar-refractivity contribution in [2.75, 3.05) is 33.3 Å². The molecule has 0 spiro atoms. The van der Waals surface area contributed by atoms with E-state index in [1.807, 2.05) is 0 Å². The number of hydrogen-bond donors (Lipinski definition) is 0. The van der Waals surface area contributed by atoms with E-state index in [4.69, 9.17) is 32.2 Å². The summed E-state index contributed by atoms with van der Waals surface area (Å²) in [5, 5.41) is 10.4. The summed E-state index contributed by atoms with van der Waals surface area (Å²) in [6.45, 7) is 0. The Bertz CT molecular complexity index is 1670. The van der Waals surface area contributed by atoms with Crippen molar-refractivity contribution in [3.8, 4) is 51.9 Å². The van der Waals surface area contributed by atoms with Crippen LogP contribution in [-0.4, -0.2) is 40.3 Å². The second kappa shape index (κ2) is 11.7. The molecule has 3 heterocycles. The Balaban J connectivity index is 1.85. The van der Waals surface area contributed by atoms with E-state index < -0.39 is 17.7 Å². The summed E-state index contributed by atoms with van der Waals surface area (Å²) in [7, 11) is 5.49. The molecule has 0 N–H and O–H groups in total. The van der Waals surface area contributed by atoms with Crippen LogP contribution in [0.1, 0.15) is 26.3 Å². The van der Waals surface area contributed by atoms with E-state index in [0.29, 0.717) is 0 Å². The molecule has 0 saturated carbocycles. The molecule has 0 radical (unpaired) electrons. The smallest absolute Gasteiger partial charge is 0.275 e. The molecular formula is C31H24N2O9. The van der Waals surface area contributed by atoms with Crippen LogP contribution < -0.4 is 23.8 Å². The molecule has 5 rings (SSSR count). The van der Waals surface area contributed by atoms with E-state index in [1.54, 1.807) is 36.4 Å². The van der Waals surface area contributed by atoms with Gasteiger partial charge in [-0.15, -0.1) is 0 Å². The molecule has 11 nitrogen and oxygen atoms in total. The van der Waals surface area contributed by atoms with Crippen LogP contribution in [0.3, 0.4) is 0 Å². The zero-order chi connectivity index (χ0) is 29.8. The maximum atomic E-state index is 14.5. The predicted octanol–water partition coefficient (Wildman–Crippen LogP) is 6.19. The van der Waals surface area contributed by atoms with Crippen LogP contribution in [0.25, 0.3) is 22.8 Å². The highest BCUT2D eigenvalue weighted by Gasteiger charge is 2.40. The highest BCUT2D eigenvalue weighted by atomic mass is 16.5. The minimum Gasteiger partial charge on any atom is -0.496 e. The first-order valence-electron chi connectivity index (χ1n) is 12.4. The Morgan fingerprint density at radius 1 is 0.690 bits per heavy atom. The topological polar surface area (TPSA) is 138 Å². The van der Waals surface area contributed by atoms with Gasteiger partial charge in [-0.1, -0.05) is 12.1 Å². The first-order chi connectivity index (χ1) is 20.5. The number of amides is 2. The average molecular weight is 569 g/mol. The zero-order valence-corrected chi connectivity index (χ0v) is 23.0. The summed E-state index contributed by atoms with van der Waals surface area (Å²) in [5.41, 5.74) is -0.175. The second-order valence-electron chi connectivity index (χ2n) is 8.57. The molecule has 0 aliphatic rings. The number of benzene rings is 2. The Morgan fingerprint density at radius 2 is 1.14 bits per heavy atom. The highest BCUT2D eigenvalue weighted by Crippen LogP contribution is 2.45. The van der Waals surface area contributed by atoms with Gasteiger partial charge < -0.3 is 32.2 Å². The van der Waals surface area contributed by atoms with Crippen LogP contribution in [0.15, 0.2) is 86.4 Å². The van der Waals surface area contributed by atoms with Crippen LogP contribution in [0.5, 0.6) is 23.0 Å². The highest BCUT2D eigenvalue weighted by molar-refractivity contribution is 6.28. The number of rotatable bonds is 9. The average Bonchev–Trinajstić information content (AvgIpc) is 3.81. The van der Waals surface area contributed by atoms with Gasteiger partial charge in [-0.25, -0.2) is 4.90 Å². The van der Waals surface area contributed by atoms with Crippen LogP contribution in [0.2, 0.25) is 0 Å². The fourth-order valence-corrected chi connectivity index (χ4v) is 4.54. The van der Waals surface area contributed by atoms with Crippen molar-refractivity contribution in [1.82, 2.24) is 0 Å². The summed E-state index contributed by atoms with van der Waals surface area (Å²) in [5.74, 6) is -1.21. The molecule has 0 bridgehead atoms.